The number of carbonyl (C=O) groups is 1. The minimum absolute atomic E-state index is 0.0890. The van der Waals surface area contributed by atoms with Gasteiger partial charge in [0.05, 0.1) is 6.61 Å². The number of aromatic nitrogens is 1. The number of esters is 1. The second kappa shape index (κ2) is 5.21. The molecule has 0 spiro atoms. The Bertz CT molecular complexity index is 410. The summed E-state index contributed by atoms with van der Waals surface area (Å²) in [6, 6.07) is 1.13. The number of rotatable bonds is 3. The zero-order valence-electron chi connectivity index (χ0n) is 8.76. The molecule has 0 bridgehead atoms. The molecule has 88 valence electrons. The molecule has 0 saturated heterocycles. The fourth-order valence-electron chi connectivity index (χ4n) is 1.24. The van der Waals surface area contributed by atoms with Crippen molar-refractivity contribution in [3.05, 3.63) is 28.0 Å². The van der Waals surface area contributed by atoms with Gasteiger partial charge in [-0.05, 0) is 19.9 Å². The first kappa shape index (κ1) is 12.8. The quantitative estimate of drug-likeness (QED) is 0.610. The Kier molecular flexibility index (Phi) is 4.18. The second-order valence-electron chi connectivity index (χ2n) is 3.04. The van der Waals surface area contributed by atoms with Gasteiger partial charge in [-0.3, -0.25) is 0 Å². The number of aryl methyl sites for hydroxylation is 1. The van der Waals surface area contributed by atoms with Crippen molar-refractivity contribution in [2.45, 2.75) is 20.3 Å². The molecular formula is C10H10ClF2NO2. The smallest absolute Gasteiger partial charge is 0.341 e. The van der Waals surface area contributed by atoms with Crippen molar-refractivity contribution in [2.75, 3.05) is 6.61 Å². The number of carbonyl (C=O) groups excluding carboxylic acids is 1. The van der Waals surface area contributed by atoms with E-state index in [0.29, 0.717) is 5.69 Å². The van der Waals surface area contributed by atoms with E-state index in [1.165, 1.54) is 6.92 Å². The van der Waals surface area contributed by atoms with Gasteiger partial charge in [0.25, 0.3) is 6.43 Å². The lowest BCUT2D eigenvalue weighted by atomic mass is 10.1. The van der Waals surface area contributed by atoms with E-state index in [1.807, 2.05) is 0 Å². The molecule has 0 atom stereocenters. The summed E-state index contributed by atoms with van der Waals surface area (Å²) in [5, 5.41) is -0.256. The van der Waals surface area contributed by atoms with E-state index in [9.17, 15) is 13.6 Å². The van der Waals surface area contributed by atoms with Gasteiger partial charge in [0.15, 0.2) is 0 Å². The van der Waals surface area contributed by atoms with E-state index in [4.69, 9.17) is 11.6 Å². The molecule has 0 saturated carbocycles. The molecule has 0 aliphatic rings. The third kappa shape index (κ3) is 2.66. The molecule has 6 heteroatoms. The number of nitrogens with zero attached hydrogens (tertiary/aromatic N) is 1. The fourth-order valence-corrected chi connectivity index (χ4v) is 1.56. The van der Waals surface area contributed by atoms with Gasteiger partial charge in [0.1, 0.15) is 10.7 Å². The van der Waals surface area contributed by atoms with Crippen molar-refractivity contribution >= 4 is 17.6 Å². The van der Waals surface area contributed by atoms with Gasteiger partial charge in [0, 0.05) is 11.3 Å². The van der Waals surface area contributed by atoms with Crippen molar-refractivity contribution in [1.29, 1.82) is 0 Å². The lowest BCUT2D eigenvalue weighted by molar-refractivity contribution is 0.0515. The number of hydrogen-bond acceptors (Lipinski definition) is 3. The van der Waals surface area contributed by atoms with Crippen LogP contribution in [0, 0.1) is 6.92 Å². The molecule has 0 aliphatic heterocycles. The van der Waals surface area contributed by atoms with Crippen LogP contribution < -0.4 is 0 Å². The van der Waals surface area contributed by atoms with Crippen molar-refractivity contribution in [3.63, 3.8) is 0 Å². The highest BCUT2D eigenvalue weighted by atomic mass is 35.5. The number of ether oxygens (including phenoxy) is 1. The third-order valence-corrected chi connectivity index (χ3v) is 2.12. The van der Waals surface area contributed by atoms with Gasteiger partial charge >= 0.3 is 5.97 Å². The molecule has 0 unspecified atom stereocenters. The van der Waals surface area contributed by atoms with Crippen LogP contribution in [0.3, 0.4) is 0 Å². The predicted octanol–water partition coefficient (Wildman–Crippen LogP) is 3.16. The average Bonchev–Trinajstić information content (AvgIpc) is 2.16. The van der Waals surface area contributed by atoms with Gasteiger partial charge in [0.2, 0.25) is 0 Å². The molecule has 0 N–H and O–H groups in total. The number of halogens is 3. The molecule has 0 radical (unpaired) electrons. The summed E-state index contributed by atoms with van der Waals surface area (Å²) in [6.07, 6.45) is -2.79. The molecule has 1 heterocycles. The van der Waals surface area contributed by atoms with E-state index in [0.717, 1.165) is 6.07 Å². The van der Waals surface area contributed by atoms with Gasteiger partial charge in [-0.1, -0.05) is 11.6 Å². The maximum atomic E-state index is 12.7. The predicted molar refractivity (Wildman–Crippen MR) is 54.9 cm³/mol. The first-order valence-electron chi connectivity index (χ1n) is 4.59. The fraction of sp³-hybridized carbons (Fsp3) is 0.400. The zero-order chi connectivity index (χ0) is 12.3. The molecule has 0 aliphatic carbocycles. The third-order valence-electron chi connectivity index (χ3n) is 1.85. The van der Waals surface area contributed by atoms with E-state index in [-0.39, 0.29) is 17.3 Å². The molecule has 0 amide bonds. The highest BCUT2D eigenvalue weighted by Gasteiger charge is 2.24. The summed E-state index contributed by atoms with van der Waals surface area (Å²) < 4.78 is 30.0. The molecule has 0 fully saturated rings. The van der Waals surface area contributed by atoms with E-state index >= 15 is 0 Å². The van der Waals surface area contributed by atoms with Crippen LogP contribution in [0.2, 0.25) is 5.15 Å². The Balaban J connectivity index is 3.29. The first-order valence-corrected chi connectivity index (χ1v) is 4.97. The van der Waals surface area contributed by atoms with Crippen LogP contribution >= 0.6 is 11.6 Å². The number of alkyl halides is 2. The lowest BCUT2D eigenvalue weighted by Crippen LogP contribution is -2.11. The standard InChI is InChI=1S/C10H10ClF2NO2/c1-3-16-10(15)7-6(9(12)13)4-5(2)14-8(7)11/h4,9H,3H2,1-2H3. The summed E-state index contributed by atoms with van der Waals surface area (Å²) in [5.74, 6) is -0.879. The Morgan fingerprint density at radius 1 is 1.62 bits per heavy atom. The van der Waals surface area contributed by atoms with E-state index in [2.05, 4.69) is 9.72 Å². The van der Waals surface area contributed by atoms with Crippen LogP contribution in [0.5, 0.6) is 0 Å². The highest BCUT2D eigenvalue weighted by molar-refractivity contribution is 6.32. The minimum Gasteiger partial charge on any atom is -0.462 e. The summed E-state index contributed by atoms with van der Waals surface area (Å²) in [6.45, 7) is 3.19. The maximum absolute atomic E-state index is 12.7. The number of hydrogen-bond donors (Lipinski definition) is 0. The Morgan fingerprint density at radius 3 is 2.75 bits per heavy atom. The summed E-state index contributed by atoms with van der Waals surface area (Å²) in [7, 11) is 0. The summed E-state index contributed by atoms with van der Waals surface area (Å²) in [5.41, 5.74) is -0.478. The first-order chi connectivity index (χ1) is 7.47. The zero-order valence-corrected chi connectivity index (χ0v) is 9.52. The molecule has 1 aromatic heterocycles. The van der Waals surface area contributed by atoms with Gasteiger partial charge in [-0.15, -0.1) is 0 Å². The Morgan fingerprint density at radius 2 is 2.25 bits per heavy atom. The lowest BCUT2D eigenvalue weighted by Gasteiger charge is -2.10. The average molecular weight is 250 g/mol. The summed E-state index contributed by atoms with van der Waals surface area (Å²) >= 11 is 5.66. The highest BCUT2D eigenvalue weighted by Crippen LogP contribution is 2.28. The van der Waals surface area contributed by atoms with Crippen LogP contribution in [0.1, 0.15) is 35.0 Å². The largest absolute Gasteiger partial charge is 0.462 e. The SMILES string of the molecule is CCOC(=O)c1c(C(F)F)cc(C)nc1Cl. The van der Waals surface area contributed by atoms with Crippen LogP contribution in [-0.4, -0.2) is 17.6 Å². The molecule has 0 aromatic carbocycles. The topological polar surface area (TPSA) is 39.2 Å². The van der Waals surface area contributed by atoms with E-state index < -0.39 is 18.0 Å². The van der Waals surface area contributed by atoms with Crippen LogP contribution in [0.4, 0.5) is 8.78 Å². The Hall–Kier alpha value is -1.23. The van der Waals surface area contributed by atoms with Gasteiger partial charge in [-0.25, -0.2) is 18.6 Å². The Labute approximate surface area is 96.4 Å². The van der Waals surface area contributed by atoms with Crippen LogP contribution in [-0.2, 0) is 4.74 Å². The second-order valence-corrected chi connectivity index (χ2v) is 3.40. The van der Waals surface area contributed by atoms with Crippen molar-refractivity contribution in [3.8, 4) is 0 Å². The van der Waals surface area contributed by atoms with Crippen molar-refractivity contribution in [2.24, 2.45) is 0 Å². The molecule has 3 nitrogen and oxygen atoms in total. The van der Waals surface area contributed by atoms with Crippen LogP contribution in [0.25, 0.3) is 0 Å². The minimum atomic E-state index is -2.79. The van der Waals surface area contributed by atoms with Gasteiger partial charge < -0.3 is 4.74 Å². The molecule has 16 heavy (non-hydrogen) atoms. The number of pyridine rings is 1. The molecule has 1 aromatic rings. The van der Waals surface area contributed by atoms with Crippen LogP contribution in [0.15, 0.2) is 6.07 Å². The van der Waals surface area contributed by atoms with Crippen molar-refractivity contribution in [1.82, 2.24) is 4.98 Å². The maximum Gasteiger partial charge on any atom is 0.341 e. The van der Waals surface area contributed by atoms with E-state index in [1.54, 1.807) is 6.92 Å². The summed E-state index contributed by atoms with van der Waals surface area (Å²) in [4.78, 5) is 15.2. The normalized spacial score (nSPS) is 10.6. The monoisotopic (exact) mass is 249 g/mol. The molecular weight excluding hydrogens is 240 g/mol. The van der Waals surface area contributed by atoms with Gasteiger partial charge in [-0.2, -0.15) is 0 Å². The molecule has 1 rings (SSSR count). The van der Waals surface area contributed by atoms with Crippen molar-refractivity contribution < 1.29 is 18.3 Å².